The van der Waals surface area contributed by atoms with E-state index in [1.807, 2.05) is 49.4 Å². The molecule has 2 aromatic carbocycles. The number of methoxy groups -OCH3 is 2. The van der Waals surface area contributed by atoms with Gasteiger partial charge in [0.2, 0.25) is 0 Å². The van der Waals surface area contributed by atoms with Gasteiger partial charge in [-0.1, -0.05) is 59.9 Å². The summed E-state index contributed by atoms with van der Waals surface area (Å²) in [5, 5.41) is 0. The first-order chi connectivity index (χ1) is 13.0. The maximum Gasteiger partial charge on any atom is 0.266 e. The van der Waals surface area contributed by atoms with Crippen LogP contribution in [-0.2, 0) is 11.2 Å². The van der Waals surface area contributed by atoms with E-state index in [4.69, 9.17) is 21.7 Å². The first kappa shape index (κ1) is 19.5. The number of hydrogen-bond acceptors (Lipinski definition) is 5. The molecular formula is C21H21NO3S2. The van der Waals surface area contributed by atoms with E-state index in [1.54, 1.807) is 19.1 Å². The molecule has 0 spiro atoms. The van der Waals surface area contributed by atoms with Gasteiger partial charge < -0.3 is 9.47 Å². The molecule has 0 N–H and O–H groups in total. The second-order valence-electron chi connectivity index (χ2n) is 6.19. The molecular weight excluding hydrogens is 378 g/mol. The van der Waals surface area contributed by atoms with Crippen molar-refractivity contribution in [2.45, 2.75) is 13.3 Å². The lowest BCUT2D eigenvalue weighted by atomic mass is 10.1. The summed E-state index contributed by atoms with van der Waals surface area (Å²) in [6.07, 6.45) is 2.59. The number of ether oxygens (including phenoxy) is 2. The fraction of sp³-hybridized carbons (Fsp3) is 0.238. The number of aryl methyl sites for hydroxylation is 1. The van der Waals surface area contributed by atoms with Crippen LogP contribution in [0.4, 0.5) is 0 Å². The smallest absolute Gasteiger partial charge is 0.266 e. The van der Waals surface area contributed by atoms with Crippen LogP contribution in [0.5, 0.6) is 11.5 Å². The first-order valence-corrected chi connectivity index (χ1v) is 9.77. The van der Waals surface area contributed by atoms with Gasteiger partial charge in [0.05, 0.1) is 19.1 Å². The molecule has 1 amide bonds. The summed E-state index contributed by atoms with van der Waals surface area (Å²) in [5.74, 6) is 1.33. The molecule has 1 aliphatic rings. The van der Waals surface area contributed by atoms with Crippen molar-refractivity contribution < 1.29 is 14.3 Å². The molecule has 0 aromatic heterocycles. The summed E-state index contributed by atoms with van der Waals surface area (Å²) in [6, 6.07) is 13.8. The second kappa shape index (κ2) is 8.59. The minimum absolute atomic E-state index is 0.0352. The third-order valence-corrected chi connectivity index (χ3v) is 5.66. The Morgan fingerprint density at radius 2 is 1.89 bits per heavy atom. The number of carbonyl (C=O) groups is 1. The third kappa shape index (κ3) is 4.51. The molecule has 1 heterocycles. The molecule has 1 fully saturated rings. The van der Waals surface area contributed by atoms with Gasteiger partial charge in [0.25, 0.3) is 5.91 Å². The van der Waals surface area contributed by atoms with Crippen molar-refractivity contribution in [1.82, 2.24) is 4.90 Å². The normalized spacial score (nSPS) is 15.5. The number of amides is 1. The fourth-order valence-electron chi connectivity index (χ4n) is 2.88. The SMILES string of the molecule is COc1ccc(CCN2C(=O)C(=Cc3cccc(C)c3)SC2=S)cc1OC. The van der Waals surface area contributed by atoms with Gasteiger partial charge in [-0.15, -0.1) is 0 Å². The van der Waals surface area contributed by atoms with Gasteiger partial charge >= 0.3 is 0 Å². The van der Waals surface area contributed by atoms with Crippen LogP contribution >= 0.6 is 24.0 Å². The number of hydrogen-bond donors (Lipinski definition) is 0. The van der Waals surface area contributed by atoms with Crippen LogP contribution in [0.1, 0.15) is 16.7 Å². The van der Waals surface area contributed by atoms with Gasteiger partial charge in [-0.2, -0.15) is 0 Å². The average Bonchev–Trinajstić information content (AvgIpc) is 2.92. The molecule has 4 nitrogen and oxygen atoms in total. The van der Waals surface area contributed by atoms with Crippen LogP contribution in [0.3, 0.4) is 0 Å². The molecule has 6 heteroatoms. The highest BCUT2D eigenvalue weighted by molar-refractivity contribution is 8.26. The Hall–Kier alpha value is -2.31. The van der Waals surface area contributed by atoms with Gasteiger partial charge in [0.1, 0.15) is 4.32 Å². The maximum absolute atomic E-state index is 12.8. The summed E-state index contributed by atoms with van der Waals surface area (Å²) >= 11 is 6.78. The molecule has 0 unspecified atom stereocenters. The van der Waals surface area contributed by atoms with Crippen LogP contribution < -0.4 is 9.47 Å². The molecule has 0 aliphatic carbocycles. The first-order valence-electron chi connectivity index (χ1n) is 8.54. The lowest BCUT2D eigenvalue weighted by molar-refractivity contribution is -0.122. The number of rotatable bonds is 6. The Bertz CT molecular complexity index is 908. The van der Waals surface area contributed by atoms with Crippen LogP contribution in [0.15, 0.2) is 47.4 Å². The number of nitrogens with zero attached hydrogens (tertiary/aromatic N) is 1. The average molecular weight is 400 g/mol. The highest BCUT2D eigenvalue weighted by Gasteiger charge is 2.31. The summed E-state index contributed by atoms with van der Waals surface area (Å²) in [5.41, 5.74) is 3.23. The van der Waals surface area contributed by atoms with Gasteiger partial charge in [-0.3, -0.25) is 9.69 Å². The van der Waals surface area contributed by atoms with E-state index in [0.29, 0.717) is 33.7 Å². The standard InChI is InChI=1S/C21H21NO3S2/c1-14-5-4-6-16(11-14)13-19-20(23)22(21(26)27-19)10-9-15-7-8-17(24-2)18(12-15)25-3/h4-8,11-13H,9-10H2,1-3H3. The van der Waals surface area contributed by atoms with Crippen molar-refractivity contribution in [3.05, 3.63) is 64.1 Å². The maximum atomic E-state index is 12.8. The Morgan fingerprint density at radius 3 is 2.59 bits per heavy atom. The number of thiocarbonyl (C=S) groups is 1. The van der Waals surface area contributed by atoms with Crippen LogP contribution in [0.2, 0.25) is 0 Å². The van der Waals surface area contributed by atoms with Crippen molar-refractivity contribution in [3.63, 3.8) is 0 Å². The molecule has 0 atom stereocenters. The lowest BCUT2D eigenvalue weighted by Gasteiger charge is -2.15. The van der Waals surface area contributed by atoms with E-state index < -0.39 is 0 Å². The molecule has 1 saturated heterocycles. The molecule has 1 aliphatic heterocycles. The quantitative estimate of drug-likeness (QED) is 0.530. The largest absolute Gasteiger partial charge is 0.493 e. The zero-order valence-electron chi connectivity index (χ0n) is 15.5. The second-order valence-corrected chi connectivity index (χ2v) is 7.86. The molecule has 0 bridgehead atoms. The molecule has 140 valence electrons. The Morgan fingerprint density at radius 1 is 1.11 bits per heavy atom. The van der Waals surface area contributed by atoms with Gasteiger partial charge in [-0.25, -0.2) is 0 Å². The van der Waals surface area contributed by atoms with E-state index >= 15 is 0 Å². The van der Waals surface area contributed by atoms with E-state index in [2.05, 4.69) is 6.07 Å². The summed E-state index contributed by atoms with van der Waals surface area (Å²) < 4.78 is 11.2. The number of thioether (sulfide) groups is 1. The summed E-state index contributed by atoms with van der Waals surface area (Å²) in [4.78, 5) is 15.1. The van der Waals surface area contributed by atoms with Crippen LogP contribution in [-0.4, -0.2) is 35.9 Å². The molecule has 0 saturated carbocycles. The molecule has 0 radical (unpaired) electrons. The highest BCUT2D eigenvalue weighted by Crippen LogP contribution is 2.33. The van der Waals surface area contributed by atoms with Gasteiger partial charge in [0, 0.05) is 6.54 Å². The Kier molecular flexibility index (Phi) is 6.19. The van der Waals surface area contributed by atoms with Gasteiger partial charge in [0.15, 0.2) is 11.5 Å². The van der Waals surface area contributed by atoms with Crippen molar-refractivity contribution >= 4 is 40.3 Å². The van der Waals surface area contributed by atoms with Crippen molar-refractivity contribution in [2.75, 3.05) is 20.8 Å². The van der Waals surface area contributed by atoms with E-state index in [1.165, 1.54) is 11.8 Å². The molecule has 3 rings (SSSR count). The topological polar surface area (TPSA) is 38.8 Å². The summed E-state index contributed by atoms with van der Waals surface area (Å²) in [6.45, 7) is 2.57. The van der Waals surface area contributed by atoms with Crippen molar-refractivity contribution in [3.8, 4) is 11.5 Å². The molecule has 27 heavy (non-hydrogen) atoms. The fourth-order valence-corrected chi connectivity index (χ4v) is 4.19. The Labute approximate surface area is 169 Å². The van der Waals surface area contributed by atoms with E-state index in [-0.39, 0.29) is 5.91 Å². The van der Waals surface area contributed by atoms with Gasteiger partial charge in [-0.05, 0) is 42.7 Å². The zero-order chi connectivity index (χ0) is 19.4. The molecule has 2 aromatic rings. The van der Waals surface area contributed by atoms with Crippen LogP contribution in [0.25, 0.3) is 6.08 Å². The predicted octanol–water partition coefficient (Wildman–Crippen LogP) is 4.46. The zero-order valence-corrected chi connectivity index (χ0v) is 17.2. The monoisotopic (exact) mass is 399 g/mol. The van der Waals surface area contributed by atoms with Crippen molar-refractivity contribution in [1.29, 1.82) is 0 Å². The van der Waals surface area contributed by atoms with Crippen molar-refractivity contribution in [2.24, 2.45) is 0 Å². The number of benzene rings is 2. The third-order valence-electron chi connectivity index (χ3n) is 4.29. The lowest BCUT2D eigenvalue weighted by Crippen LogP contribution is -2.30. The Balaban J connectivity index is 1.71. The minimum Gasteiger partial charge on any atom is -0.493 e. The summed E-state index contributed by atoms with van der Waals surface area (Å²) in [7, 11) is 3.22. The van der Waals surface area contributed by atoms with E-state index in [0.717, 1.165) is 16.7 Å². The minimum atomic E-state index is -0.0352. The predicted molar refractivity (Wildman–Crippen MR) is 114 cm³/mol. The highest BCUT2D eigenvalue weighted by atomic mass is 32.2. The number of carbonyl (C=O) groups excluding carboxylic acids is 1. The van der Waals surface area contributed by atoms with Crippen LogP contribution in [0, 0.1) is 6.92 Å². The van der Waals surface area contributed by atoms with E-state index in [9.17, 15) is 4.79 Å².